The fourth-order valence-corrected chi connectivity index (χ4v) is 4.71. The molecule has 0 aliphatic heterocycles. The van der Waals surface area contributed by atoms with Crippen LogP contribution in [0.1, 0.15) is 43.2 Å². The van der Waals surface area contributed by atoms with E-state index in [9.17, 15) is 0 Å². The predicted molar refractivity (Wildman–Crippen MR) is 102 cm³/mol. The Morgan fingerprint density at radius 1 is 0.833 bits per heavy atom. The molecule has 1 fully saturated rings. The maximum Gasteiger partial charge on any atom is -0.00863 e. The third-order valence-corrected chi connectivity index (χ3v) is 6.04. The van der Waals surface area contributed by atoms with Crippen LogP contribution in [0.4, 0.5) is 0 Å². The van der Waals surface area contributed by atoms with E-state index in [4.69, 9.17) is 0 Å². The summed E-state index contributed by atoms with van der Waals surface area (Å²) in [4.78, 5) is 0. The molecule has 120 valence electrons. The minimum Gasteiger partial charge on any atom is -0.0763 e. The predicted octanol–water partition coefficient (Wildman–Crippen LogP) is 2.76. The van der Waals surface area contributed by atoms with E-state index in [0.717, 1.165) is 5.92 Å². The van der Waals surface area contributed by atoms with E-state index in [1.807, 2.05) is 0 Å². The van der Waals surface area contributed by atoms with Gasteiger partial charge in [-0.1, -0.05) is 54.6 Å². The number of hydrogen-bond donors (Lipinski definition) is 0. The standard InChI is InChI=1S/C24H24/c1-16-10-11-17-6-2-4-8-20(17)23(16)24-21-9-5-3-7-18(21)14-15-22(24)19-12-13-19/h3,5-11,14,19,22H,2,4,12-13,15H2,1H3. The Hall–Kier alpha value is -2.08. The first-order valence-electron chi connectivity index (χ1n) is 9.43. The molecule has 5 rings (SSSR count). The minimum absolute atomic E-state index is 0.709. The van der Waals surface area contributed by atoms with Gasteiger partial charge < -0.3 is 0 Å². The summed E-state index contributed by atoms with van der Waals surface area (Å²) in [7, 11) is 0. The van der Waals surface area contributed by atoms with Crippen molar-refractivity contribution in [1.29, 1.82) is 0 Å². The van der Waals surface area contributed by atoms with Crippen molar-refractivity contribution in [2.24, 2.45) is 11.8 Å². The Kier molecular flexibility index (Phi) is 3.26. The van der Waals surface area contributed by atoms with Crippen molar-refractivity contribution >= 4 is 23.8 Å². The van der Waals surface area contributed by atoms with Crippen molar-refractivity contribution in [3.8, 4) is 0 Å². The third-order valence-electron chi connectivity index (χ3n) is 6.04. The normalized spacial score (nSPS) is 21.9. The quantitative estimate of drug-likeness (QED) is 0.800. The van der Waals surface area contributed by atoms with Crippen molar-refractivity contribution < 1.29 is 0 Å². The zero-order valence-electron chi connectivity index (χ0n) is 14.4. The zero-order chi connectivity index (χ0) is 16.1. The number of aryl methyl sites for hydroxylation is 1. The number of benzene rings is 2. The van der Waals surface area contributed by atoms with Crippen molar-refractivity contribution in [2.75, 3.05) is 0 Å². The molecule has 0 radical (unpaired) electrons. The second kappa shape index (κ2) is 5.48. The monoisotopic (exact) mass is 312 g/mol. The smallest absolute Gasteiger partial charge is 0.00863 e. The van der Waals surface area contributed by atoms with Crippen molar-refractivity contribution in [2.45, 2.75) is 39.0 Å². The van der Waals surface area contributed by atoms with Crippen LogP contribution in [-0.4, -0.2) is 0 Å². The van der Waals surface area contributed by atoms with E-state index in [-0.39, 0.29) is 0 Å². The molecule has 1 atom stereocenters. The topological polar surface area (TPSA) is 0 Å². The van der Waals surface area contributed by atoms with E-state index < -0.39 is 0 Å². The molecule has 0 saturated heterocycles. The van der Waals surface area contributed by atoms with E-state index in [2.05, 4.69) is 61.5 Å². The maximum absolute atomic E-state index is 2.48. The highest BCUT2D eigenvalue weighted by molar-refractivity contribution is 5.74. The Morgan fingerprint density at radius 2 is 1.67 bits per heavy atom. The van der Waals surface area contributed by atoms with Crippen LogP contribution in [0, 0.1) is 18.8 Å². The lowest BCUT2D eigenvalue weighted by Gasteiger charge is -2.25. The molecule has 0 heterocycles. The molecular formula is C24H24. The highest BCUT2D eigenvalue weighted by Gasteiger charge is 2.35. The molecule has 24 heavy (non-hydrogen) atoms. The largest absolute Gasteiger partial charge is 0.0763 e. The first kappa shape index (κ1) is 14.3. The summed E-state index contributed by atoms with van der Waals surface area (Å²) < 4.78 is 0. The molecule has 0 bridgehead atoms. The van der Waals surface area contributed by atoms with Crippen LogP contribution in [-0.2, 0) is 0 Å². The highest BCUT2D eigenvalue weighted by Crippen LogP contribution is 2.45. The average Bonchev–Trinajstić information content (AvgIpc) is 3.46. The van der Waals surface area contributed by atoms with Crippen LogP contribution in [0.5, 0.6) is 0 Å². The first-order valence-corrected chi connectivity index (χ1v) is 9.43. The minimum atomic E-state index is 0.709. The van der Waals surface area contributed by atoms with Gasteiger partial charge >= 0.3 is 0 Å². The summed E-state index contributed by atoms with van der Waals surface area (Å²) in [5.74, 6) is 1.60. The van der Waals surface area contributed by atoms with Crippen molar-refractivity contribution in [3.63, 3.8) is 0 Å². The summed E-state index contributed by atoms with van der Waals surface area (Å²) in [6.07, 6.45) is 13.8. The summed E-state index contributed by atoms with van der Waals surface area (Å²) in [5, 5.41) is 5.85. The molecule has 0 amide bonds. The van der Waals surface area contributed by atoms with Gasteiger partial charge in [-0.15, -0.1) is 0 Å². The lowest BCUT2D eigenvalue weighted by molar-refractivity contribution is 0.599. The summed E-state index contributed by atoms with van der Waals surface area (Å²) >= 11 is 0. The molecule has 0 aromatic heterocycles. The van der Waals surface area contributed by atoms with Gasteiger partial charge in [0.05, 0.1) is 0 Å². The summed E-state index contributed by atoms with van der Waals surface area (Å²) in [5.41, 5.74) is 4.62. The SMILES string of the molecule is Cc1ccc2c(c1C1=c3ccccc3=CCC1C1CC1)=CCCC=2. The molecular weight excluding hydrogens is 288 g/mol. The Labute approximate surface area is 143 Å². The molecule has 3 aliphatic carbocycles. The van der Waals surface area contributed by atoms with Crippen LogP contribution in [0.25, 0.3) is 23.8 Å². The highest BCUT2D eigenvalue weighted by atomic mass is 14.4. The number of fused-ring (bicyclic) bond motifs is 2. The molecule has 1 unspecified atom stereocenters. The second-order valence-corrected chi connectivity index (χ2v) is 7.63. The molecule has 3 aliphatic rings. The Morgan fingerprint density at radius 3 is 2.54 bits per heavy atom. The van der Waals surface area contributed by atoms with Crippen LogP contribution in [0.3, 0.4) is 0 Å². The third kappa shape index (κ3) is 2.20. The van der Waals surface area contributed by atoms with Crippen molar-refractivity contribution in [3.05, 3.63) is 68.4 Å². The van der Waals surface area contributed by atoms with Crippen LogP contribution < -0.4 is 20.9 Å². The van der Waals surface area contributed by atoms with E-state index >= 15 is 0 Å². The van der Waals surface area contributed by atoms with Gasteiger partial charge in [-0.2, -0.15) is 0 Å². The van der Waals surface area contributed by atoms with E-state index in [1.54, 1.807) is 11.1 Å². The van der Waals surface area contributed by atoms with Gasteiger partial charge in [-0.05, 0) is 88.4 Å². The molecule has 0 nitrogen and oxygen atoms in total. The van der Waals surface area contributed by atoms with Gasteiger partial charge in [-0.3, -0.25) is 0 Å². The van der Waals surface area contributed by atoms with Crippen LogP contribution in [0.2, 0.25) is 0 Å². The Bertz CT molecular complexity index is 1050. The number of hydrogen-bond acceptors (Lipinski definition) is 0. The van der Waals surface area contributed by atoms with Crippen LogP contribution in [0.15, 0.2) is 36.4 Å². The second-order valence-electron chi connectivity index (χ2n) is 7.63. The van der Waals surface area contributed by atoms with Gasteiger partial charge in [0.25, 0.3) is 0 Å². The zero-order valence-corrected chi connectivity index (χ0v) is 14.4. The lowest BCUT2D eigenvalue weighted by Crippen LogP contribution is -2.39. The summed E-state index contributed by atoms with van der Waals surface area (Å²) in [6.45, 7) is 2.30. The fraction of sp³-hybridized carbons (Fsp3) is 0.333. The molecule has 2 aromatic carbocycles. The van der Waals surface area contributed by atoms with E-state index in [1.165, 1.54) is 58.5 Å². The summed E-state index contributed by atoms with van der Waals surface area (Å²) in [6, 6.07) is 13.7. The molecule has 0 heteroatoms. The fourth-order valence-electron chi connectivity index (χ4n) is 4.71. The molecule has 1 saturated carbocycles. The lowest BCUT2D eigenvalue weighted by atomic mass is 9.79. The molecule has 0 spiro atoms. The number of rotatable bonds is 2. The molecule has 0 N–H and O–H groups in total. The van der Waals surface area contributed by atoms with Gasteiger partial charge in [0.2, 0.25) is 0 Å². The van der Waals surface area contributed by atoms with Crippen LogP contribution >= 0.6 is 0 Å². The van der Waals surface area contributed by atoms with Gasteiger partial charge in [0.15, 0.2) is 0 Å². The Balaban J connectivity index is 1.93. The van der Waals surface area contributed by atoms with Crippen molar-refractivity contribution in [1.82, 2.24) is 0 Å². The van der Waals surface area contributed by atoms with Gasteiger partial charge in [0, 0.05) is 0 Å². The van der Waals surface area contributed by atoms with Gasteiger partial charge in [-0.25, -0.2) is 0 Å². The molecule has 2 aromatic rings. The van der Waals surface area contributed by atoms with Gasteiger partial charge in [0.1, 0.15) is 0 Å². The maximum atomic E-state index is 2.48. The average molecular weight is 312 g/mol. The first-order chi connectivity index (χ1) is 11.8. The van der Waals surface area contributed by atoms with E-state index in [0.29, 0.717) is 5.92 Å².